The molecule has 0 aliphatic rings. The zero-order chi connectivity index (χ0) is 16.1. The molecule has 0 aliphatic carbocycles. The number of carbonyl (C=O) groups excluding carboxylic acids is 1. The molecule has 0 bridgehead atoms. The van der Waals surface area contributed by atoms with Crippen molar-refractivity contribution in [1.82, 2.24) is 15.1 Å². The van der Waals surface area contributed by atoms with Crippen molar-refractivity contribution in [1.29, 1.82) is 0 Å². The van der Waals surface area contributed by atoms with E-state index in [1.165, 1.54) is 10.7 Å². The van der Waals surface area contributed by atoms with Crippen LogP contribution in [-0.4, -0.2) is 35.9 Å². The maximum Gasteiger partial charge on any atom is 0.271 e. The van der Waals surface area contributed by atoms with Crippen LogP contribution in [0.4, 0.5) is 8.78 Å². The van der Waals surface area contributed by atoms with Gasteiger partial charge in [-0.2, -0.15) is 5.10 Å². The predicted molar refractivity (Wildman–Crippen MR) is 77.4 cm³/mol. The van der Waals surface area contributed by atoms with E-state index in [1.807, 2.05) is 0 Å². The molecule has 0 saturated carbocycles. The Kier molecular flexibility index (Phi) is 5.21. The summed E-state index contributed by atoms with van der Waals surface area (Å²) in [5, 5.41) is 6.81. The molecular formula is C15H17F2N3O2. The second-order valence-corrected chi connectivity index (χ2v) is 4.77. The van der Waals surface area contributed by atoms with Crippen molar-refractivity contribution in [2.45, 2.75) is 6.42 Å². The molecule has 0 unspecified atom stereocenters. The van der Waals surface area contributed by atoms with Gasteiger partial charge in [-0.1, -0.05) is 0 Å². The van der Waals surface area contributed by atoms with E-state index < -0.39 is 11.6 Å². The highest BCUT2D eigenvalue weighted by molar-refractivity contribution is 5.93. The second kappa shape index (κ2) is 7.13. The molecule has 0 fully saturated rings. The Balaban J connectivity index is 2.13. The number of methoxy groups -OCH3 is 1. The Morgan fingerprint density at radius 1 is 1.32 bits per heavy atom. The largest absolute Gasteiger partial charge is 0.385 e. The van der Waals surface area contributed by atoms with Gasteiger partial charge in [0.05, 0.1) is 5.69 Å². The maximum atomic E-state index is 13.3. The van der Waals surface area contributed by atoms with Gasteiger partial charge in [-0.15, -0.1) is 0 Å². The fourth-order valence-electron chi connectivity index (χ4n) is 2.01. The van der Waals surface area contributed by atoms with Crippen LogP contribution in [-0.2, 0) is 11.8 Å². The molecule has 0 radical (unpaired) electrons. The minimum atomic E-state index is -0.940. The molecule has 1 amide bonds. The second-order valence-electron chi connectivity index (χ2n) is 4.77. The number of halogens is 2. The Morgan fingerprint density at radius 2 is 2.09 bits per heavy atom. The number of benzene rings is 1. The summed E-state index contributed by atoms with van der Waals surface area (Å²) in [6.07, 6.45) is 0.700. The first-order chi connectivity index (χ1) is 10.5. The van der Waals surface area contributed by atoms with Crippen LogP contribution < -0.4 is 5.32 Å². The number of nitrogens with one attached hydrogen (secondary N) is 1. The van der Waals surface area contributed by atoms with Gasteiger partial charge in [0.15, 0.2) is 17.3 Å². The summed E-state index contributed by atoms with van der Waals surface area (Å²) in [7, 11) is 3.23. The van der Waals surface area contributed by atoms with Crippen LogP contribution in [0.3, 0.4) is 0 Å². The van der Waals surface area contributed by atoms with Gasteiger partial charge in [0, 0.05) is 32.9 Å². The summed E-state index contributed by atoms with van der Waals surface area (Å²) in [5.41, 5.74) is 1.20. The number of hydrogen-bond acceptors (Lipinski definition) is 3. The summed E-state index contributed by atoms with van der Waals surface area (Å²) < 4.78 is 32.6. The van der Waals surface area contributed by atoms with Gasteiger partial charge in [-0.3, -0.25) is 9.48 Å². The average molecular weight is 309 g/mol. The van der Waals surface area contributed by atoms with E-state index in [-0.39, 0.29) is 11.6 Å². The molecule has 7 heteroatoms. The first kappa shape index (κ1) is 16.1. The lowest BCUT2D eigenvalue weighted by molar-refractivity contribution is 0.0943. The first-order valence-electron chi connectivity index (χ1n) is 6.79. The van der Waals surface area contributed by atoms with E-state index in [4.69, 9.17) is 4.74 Å². The van der Waals surface area contributed by atoms with Crippen LogP contribution >= 0.6 is 0 Å². The predicted octanol–water partition coefficient (Wildman–Crippen LogP) is 2.13. The van der Waals surface area contributed by atoms with Gasteiger partial charge >= 0.3 is 0 Å². The molecule has 1 heterocycles. The van der Waals surface area contributed by atoms with Crippen LogP contribution in [0.25, 0.3) is 11.3 Å². The maximum absolute atomic E-state index is 13.3. The number of aromatic nitrogens is 2. The van der Waals surface area contributed by atoms with Gasteiger partial charge in [0.2, 0.25) is 0 Å². The number of ether oxygens (including phenoxy) is 1. The molecule has 22 heavy (non-hydrogen) atoms. The van der Waals surface area contributed by atoms with E-state index >= 15 is 0 Å². The van der Waals surface area contributed by atoms with Crippen molar-refractivity contribution < 1.29 is 18.3 Å². The number of carbonyl (C=O) groups is 1. The third-order valence-electron chi connectivity index (χ3n) is 3.14. The van der Waals surface area contributed by atoms with E-state index in [2.05, 4.69) is 10.4 Å². The molecule has 118 valence electrons. The summed E-state index contributed by atoms with van der Waals surface area (Å²) in [4.78, 5) is 12.0. The molecule has 2 rings (SSSR count). The van der Waals surface area contributed by atoms with Gasteiger partial charge < -0.3 is 10.1 Å². The molecular weight excluding hydrogens is 292 g/mol. The highest BCUT2D eigenvalue weighted by Crippen LogP contribution is 2.22. The SMILES string of the molecule is COCCCNC(=O)c1cc(-c2ccc(F)c(F)c2)n(C)n1. The average Bonchev–Trinajstić information content (AvgIpc) is 2.88. The Hall–Kier alpha value is -2.28. The Morgan fingerprint density at radius 3 is 2.77 bits per heavy atom. The third kappa shape index (κ3) is 3.67. The highest BCUT2D eigenvalue weighted by atomic mass is 19.2. The van der Waals surface area contributed by atoms with Crippen molar-refractivity contribution in [3.8, 4) is 11.3 Å². The summed E-state index contributed by atoms with van der Waals surface area (Å²) >= 11 is 0. The van der Waals surface area contributed by atoms with E-state index in [1.54, 1.807) is 20.2 Å². The Bertz CT molecular complexity index is 671. The van der Waals surface area contributed by atoms with Crippen molar-refractivity contribution >= 4 is 5.91 Å². The summed E-state index contributed by atoms with van der Waals surface area (Å²) in [6.45, 7) is 1.03. The third-order valence-corrected chi connectivity index (χ3v) is 3.14. The molecule has 1 aromatic heterocycles. The molecule has 0 spiro atoms. The molecule has 1 N–H and O–H groups in total. The molecule has 0 aliphatic heterocycles. The molecule has 2 aromatic rings. The molecule has 0 atom stereocenters. The minimum absolute atomic E-state index is 0.222. The smallest absolute Gasteiger partial charge is 0.271 e. The monoisotopic (exact) mass is 309 g/mol. The van der Waals surface area contributed by atoms with Crippen LogP contribution in [0, 0.1) is 11.6 Å². The van der Waals surface area contributed by atoms with Gasteiger partial charge in [0.1, 0.15) is 0 Å². The zero-order valence-electron chi connectivity index (χ0n) is 12.4. The quantitative estimate of drug-likeness (QED) is 0.832. The molecule has 1 aromatic carbocycles. The lowest BCUT2D eigenvalue weighted by Crippen LogP contribution is -2.25. The van der Waals surface area contributed by atoms with E-state index in [0.29, 0.717) is 30.8 Å². The molecule has 0 saturated heterocycles. The lowest BCUT2D eigenvalue weighted by atomic mass is 10.1. The Labute approximate surface area is 126 Å². The minimum Gasteiger partial charge on any atom is -0.385 e. The fraction of sp³-hybridized carbons (Fsp3) is 0.333. The van der Waals surface area contributed by atoms with Crippen molar-refractivity contribution in [3.05, 3.63) is 41.6 Å². The van der Waals surface area contributed by atoms with Crippen LogP contribution in [0.5, 0.6) is 0 Å². The number of rotatable bonds is 6. The van der Waals surface area contributed by atoms with Crippen molar-refractivity contribution in [3.63, 3.8) is 0 Å². The normalized spacial score (nSPS) is 10.7. The highest BCUT2D eigenvalue weighted by Gasteiger charge is 2.14. The number of nitrogens with zero attached hydrogens (tertiary/aromatic N) is 2. The number of hydrogen-bond donors (Lipinski definition) is 1. The fourth-order valence-corrected chi connectivity index (χ4v) is 2.01. The topological polar surface area (TPSA) is 56.1 Å². The zero-order valence-corrected chi connectivity index (χ0v) is 12.4. The van der Waals surface area contributed by atoms with Crippen LogP contribution in [0.2, 0.25) is 0 Å². The summed E-state index contributed by atoms with van der Waals surface area (Å²) in [6, 6.07) is 5.10. The van der Waals surface area contributed by atoms with Crippen molar-refractivity contribution in [2.24, 2.45) is 7.05 Å². The van der Waals surface area contributed by atoms with Crippen LogP contribution in [0.1, 0.15) is 16.9 Å². The van der Waals surface area contributed by atoms with Crippen molar-refractivity contribution in [2.75, 3.05) is 20.3 Å². The number of aryl methyl sites for hydroxylation is 1. The lowest BCUT2D eigenvalue weighted by Gasteiger charge is -2.01. The number of amides is 1. The standard InChI is InChI=1S/C15H17F2N3O2/c1-20-14(10-4-5-11(16)12(17)8-10)9-13(19-20)15(21)18-6-3-7-22-2/h4-5,8-9H,3,6-7H2,1-2H3,(H,18,21). The van der Waals surface area contributed by atoms with Gasteiger partial charge in [-0.25, -0.2) is 8.78 Å². The molecule has 5 nitrogen and oxygen atoms in total. The summed E-state index contributed by atoms with van der Waals surface area (Å²) in [5.74, 6) is -2.17. The van der Waals surface area contributed by atoms with Gasteiger partial charge in [-0.05, 0) is 30.7 Å². The first-order valence-corrected chi connectivity index (χ1v) is 6.79. The van der Waals surface area contributed by atoms with E-state index in [9.17, 15) is 13.6 Å². The van der Waals surface area contributed by atoms with E-state index in [0.717, 1.165) is 12.1 Å². The van der Waals surface area contributed by atoms with Gasteiger partial charge in [0.25, 0.3) is 5.91 Å². The van der Waals surface area contributed by atoms with Crippen LogP contribution in [0.15, 0.2) is 24.3 Å².